The third kappa shape index (κ3) is 4.57. The van der Waals surface area contributed by atoms with Crippen molar-refractivity contribution in [2.45, 2.75) is 44.7 Å². The lowest BCUT2D eigenvalue weighted by Gasteiger charge is -2.25. The van der Waals surface area contributed by atoms with E-state index in [2.05, 4.69) is 0 Å². The Kier molecular flexibility index (Phi) is 5.74. The molecule has 0 amide bonds. The first-order valence-corrected chi connectivity index (χ1v) is 4.72. The van der Waals surface area contributed by atoms with Crippen molar-refractivity contribution in [1.29, 1.82) is 0 Å². The number of carboxylic acids is 1. The van der Waals surface area contributed by atoms with Gasteiger partial charge < -0.3 is 25.5 Å². The Bertz CT molecular complexity index is 205. The summed E-state index contributed by atoms with van der Waals surface area (Å²) >= 11 is 0. The largest absolute Gasteiger partial charge is 0.479 e. The number of carboxylic acid groups (broad SMARTS) is 1. The summed E-state index contributed by atoms with van der Waals surface area (Å²) in [6, 6.07) is 0. The van der Waals surface area contributed by atoms with E-state index in [-0.39, 0.29) is 12.3 Å². The number of aliphatic carboxylic acids is 1. The first-order valence-electron chi connectivity index (χ1n) is 4.72. The normalized spacial score (nSPS) is 19.7. The van der Waals surface area contributed by atoms with E-state index < -0.39 is 30.4 Å². The van der Waals surface area contributed by atoms with Crippen molar-refractivity contribution in [2.24, 2.45) is 5.92 Å². The van der Waals surface area contributed by atoms with Crippen molar-refractivity contribution in [3.63, 3.8) is 0 Å². The van der Waals surface area contributed by atoms with Crippen molar-refractivity contribution in [3.8, 4) is 0 Å². The third-order valence-corrected chi connectivity index (χ3v) is 2.03. The molecular weight excluding hydrogens is 204 g/mol. The lowest BCUT2D eigenvalue weighted by molar-refractivity contribution is -0.163. The van der Waals surface area contributed by atoms with Crippen LogP contribution in [-0.2, 0) is 4.79 Å². The number of carbonyl (C=O) groups is 1. The summed E-state index contributed by atoms with van der Waals surface area (Å²) in [7, 11) is 0. The minimum Gasteiger partial charge on any atom is -0.479 e. The first kappa shape index (κ1) is 14.3. The van der Waals surface area contributed by atoms with E-state index in [1.165, 1.54) is 0 Å². The summed E-state index contributed by atoms with van der Waals surface area (Å²) in [5.74, 6) is -1.55. The van der Waals surface area contributed by atoms with E-state index in [0.29, 0.717) is 0 Å². The maximum absolute atomic E-state index is 10.3. The number of aliphatic hydroxyl groups excluding tert-OH is 4. The van der Waals surface area contributed by atoms with Crippen molar-refractivity contribution in [1.82, 2.24) is 0 Å². The Morgan fingerprint density at radius 1 is 1.07 bits per heavy atom. The Balaban J connectivity index is 4.29. The van der Waals surface area contributed by atoms with Gasteiger partial charge in [0.2, 0.25) is 0 Å². The number of hydrogen-bond donors (Lipinski definition) is 5. The molecule has 15 heavy (non-hydrogen) atoms. The molecule has 0 aromatic rings. The molecule has 4 atom stereocenters. The second-order valence-corrected chi connectivity index (χ2v) is 3.96. The molecule has 0 rings (SSSR count). The highest BCUT2D eigenvalue weighted by atomic mass is 16.4. The van der Waals surface area contributed by atoms with Crippen LogP contribution in [0.2, 0.25) is 0 Å². The van der Waals surface area contributed by atoms with Crippen LogP contribution in [0.5, 0.6) is 0 Å². The SMILES string of the molecule is CC(C)C[C@@H](O)[C@@H](O)[C@H](O)[C@@H](O)C(=O)O. The van der Waals surface area contributed by atoms with E-state index in [9.17, 15) is 20.1 Å². The molecule has 6 nitrogen and oxygen atoms in total. The quantitative estimate of drug-likeness (QED) is 0.375. The van der Waals surface area contributed by atoms with Gasteiger partial charge in [0.1, 0.15) is 12.2 Å². The summed E-state index contributed by atoms with van der Waals surface area (Å²) in [5, 5.41) is 45.2. The van der Waals surface area contributed by atoms with Gasteiger partial charge in [-0.15, -0.1) is 0 Å². The molecule has 0 aromatic carbocycles. The highest BCUT2D eigenvalue weighted by Gasteiger charge is 2.34. The Labute approximate surface area is 87.8 Å². The van der Waals surface area contributed by atoms with Crippen molar-refractivity contribution < 1.29 is 30.3 Å². The summed E-state index contributed by atoms with van der Waals surface area (Å²) < 4.78 is 0. The molecule has 6 heteroatoms. The molecule has 0 spiro atoms. The molecule has 0 aromatic heterocycles. The van der Waals surface area contributed by atoms with Crippen LogP contribution in [0.3, 0.4) is 0 Å². The third-order valence-electron chi connectivity index (χ3n) is 2.03. The highest BCUT2D eigenvalue weighted by molar-refractivity contribution is 5.72. The average Bonchev–Trinajstić information content (AvgIpc) is 2.13. The van der Waals surface area contributed by atoms with Crippen LogP contribution in [-0.4, -0.2) is 55.9 Å². The van der Waals surface area contributed by atoms with E-state index >= 15 is 0 Å². The van der Waals surface area contributed by atoms with E-state index in [0.717, 1.165) is 0 Å². The van der Waals surface area contributed by atoms with Gasteiger partial charge in [0.05, 0.1) is 6.10 Å². The molecule has 0 aliphatic rings. The predicted octanol–water partition coefficient (Wildman–Crippen LogP) is -1.44. The molecule has 0 aliphatic carbocycles. The number of hydrogen-bond acceptors (Lipinski definition) is 5. The van der Waals surface area contributed by atoms with Gasteiger partial charge in [0, 0.05) is 0 Å². The molecule has 90 valence electrons. The standard InChI is InChI=1S/C9H18O6/c1-4(2)3-5(10)6(11)7(12)8(13)9(14)15/h4-8,10-13H,3H2,1-2H3,(H,14,15)/t5-,6-,7+,8-/m1/s1. The zero-order chi connectivity index (χ0) is 12.2. The average molecular weight is 222 g/mol. The van der Waals surface area contributed by atoms with Crippen LogP contribution in [0, 0.1) is 5.92 Å². The summed E-state index contributed by atoms with van der Waals surface area (Å²) in [4.78, 5) is 10.3. The van der Waals surface area contributed by atoms with Gasteiger partial charge in [-0.2, -0.15) is 0 Å². The van der Waals surface area contributed by atoms with Crippen LogP contribution >= 0.6 is 0 Å². The zero-order valence-corrected chi connectivity index (χ0v) is 8.74. The van der Waals surface area contributed by atoms with Crippen molar-refractivity contribution in [3.05, 3.63) is 0 Å². The smallest absolute Gasteiger partial charge is 0.335 e. The Morgan fingerprint density at radius 2 is 1.53 bits per heavy atom. The molecule has 0 saturated heterocycles. The van der Waals surface area contributed by atoms with Crippen molar-refractivity contribution in [2.75, 3.05) is 0 Å². The molecule has 0 aliphatic heterocycles. The van der Waals surface area contributed by atoms with Crippen LogP contribution in [0.15, 0.2) is 0 Å². The topological polar surface area (TPSA) is 118 Å². The van der Waals surface area contributed by atoms with Gasteiger partial charge in [-0.05, 0) is 12.3 Å². The fraction of sp³-hybridized carbons (Fsp3) is 0.889. The van der Waals surface area contributed by atoms with Crippen LogP contribution in [0.4, 0.5) is 0 Å². The van der Waals surface area contributed by atoms with E-state index in [1.807, 2.05) is 0 Å². The second-order valence-electron chi connectivity index (χ2n) is 3.96. The Morgan fingerprint density at radius 3 is 1.87 bits per heavy atom. The molecule has 0 unspecified atom stereocenters. The van der Waals surface area contributed by atoms with E-state index in [1.54, 1.807) is 13.8 Å². The van der Waals surface area contributed by atoms with Gasteiger partial charge in [-0.3, -0.25) is 0 Å². The summed E-state index contributed by atoms with van der Waals surface area (Å²) in [5.41, 5.74) is 0. The van der Waals surface area contributed by atoms with E-state index in [4.69, 9.17) is 10.2 Å². The summed E-state index contributed by atoms with van der Waals surface area (Å²) in [6.45, 7) is 3.60. The summed E-state index contributed by atoms with van der Waals surface area (Å²) in [6.07, 6.45) is -6.70. The highest BCUT2D eigenvalue weighted by Crippen LogP contribution is 2.12. The van der Waals surface area contributed by atoms with Crippen LogP contribution in [0.1, 0.15) is 20.3 Å². The zero-order valence-electron chi connectivity index (χ0n) is 8.74. The van der Waals surface area contributed by atoms with Crippen molar-refractivity contribution >= 4 is 5.97 Å². The van der Waals surface area contributed by atoms with Crippen LogP contribution in [0.25, 0.3) is 0 Å². The lowest BCUT2D eigenvalue weighted by atomic mass is 9.96. The minimum absolute atomic E-state index is 0.0869. The predicted molar refractivity (Wildman–Crippen MR) is 51.1 cm³/mol. The molecule has 0 saturated carbocycles. The minimum atomic E-state index is -2.10. The maximum Gasteiger partial charge on any atom is 0.335 e. The molecule has 5 N–H and O–H groups in total. The maximum atomic E-state index is 10.3. The Hall–Kier alpha value is -0.690. The lowest BCUT2D eigenvalue weighted by Crippen LogP contribution is -2.47. The monoisotopic (exact) mass is 222 g/mol. The molecule has 0 heterocycles. The molecule has 0 radical (unpaired) electrons. The van der Waals surface area contributed by atoms with Gasteiger partial charge in [-0.1, -0.05) is 13.8 Å². The fourth-order valence-electron chi connectivity index (χ4n) is 1.18. The van der Waals surface area contributed by atoms with Gasteiger partial charge in [-0.25, -0.2) is 4.79 Å². The van der Waals surface area contributed by atoms with Gasteiger partial charge >= 0.3 is 5.97 Å². The molecule has 0 bridgehead atoms. The number of rotatable bonds is 6. The van der Waals surface area contributed by atoms with Crippen LogP contribution < -0.4 is 0 Å². The fourth-order valence-corrected chi connectivity index (χ4v) is 1.18. The second kappa shape index (κ2) is 6.02. The van der Waals surface area contributed by atoms with Gasteiger partial charge in [0.25, 0.3) is 0 Å². The first-order chi connectivity index (χ1) is 6.77. The molecular formula is C9H18O6. The number of aliphatic hydroxyl groups is 4. The van der Waals surface area contributed by atoms with Gasteiger partial charge in [0.15, 0.2) is 6.10 Å². The molecule has 0 fully saturated rings.